The summed E-state index contributed by atoms with van der Waals surface area (Å²) in [7, 11) is 0. The second-order valence-corrected chi connectivity index (χ2v) is 9.52. The molecule has 1 aliphatic carbocycles. The Hall–Kier alpha value is -3.10. The molecule has 7 nitrogen and oxygen atoms in total. The Morgan fingerprint density at radius 1 is 1.09 bits per heavy atom. The molecular weight excluding hydrogens is 458 g/mol. The van der Waals surface area contributed by atoms with Gasteiger partial charge < -0.3 is 9.40 Å². The quantitative estimate of drug-likeness (QED) is 0.313. The number of thioether (sulfide) groups is 1. The van der Waals surface area contributed by atoms with Crippen LogP contribution in [-0.4, -0.2) is 24.7 Å². The van der Waals surface area contributed by atoms with Gasteiger partial charge in [-0.15, -0.1) is 10.2 Å². The fourth-order valence-corrected chi connectivity index (χ4v) is 5.64. The highest BCUT2D eigenvalue weighted by atomic mass is 35.5. The molecule has 6 rings (SSSR count). The molecule has 1 N–H and O–H groups in total. The van der Waals surface area contributed by atoms with Crippen molar-refractivity contribution in [1.29, 1.82) is 0 Å². The highest BCUT2D eigenvalue weighted by molar-refractivity contribution is 7.98. The summed E-state index contributed by atoms with van der Waals surface area (Å²) in [6.07, 6.45) is 4.55. The van der Waals surface area contributed by atoms with Gasteiger partial charge in [-0.3, -0.25) is 9.36 Å². The molecule has 1 fully saturated rings. The van der Waals surface area contributed by atoms with Crippen molar-refractivity contribution in [1.82, 2.24) is 24.7 Å². The van der Waals surface area contributed by atoms with Crippen LogP contribution in [-0.2, 0) is 5.75 Å². The number of hydrogen-bond donors (Lipinski definition) is 1. The maximum absolute atomic E-state index is 12.6. The lowest BCUT2D eigenvalue weighted by molar-refractivity contribution is 0.485. The molecule has 0 bridgehead atoms. The van der Waals surface area contributed by atoms with E-state index in [1.807, 2.05) is 48.5 Å². The number of para-hydroxylation sites is 1. The molecule has 0 amide bonds. The summed E-state index contributed by atoms with van der Waals surface area (Å²) >= 11 is 8.00. The van der Waals surface area contributed by atoms with E-state index in [1.54, 1.807) is 0 Å². The lowest BCUT2D eigenvalue weighted by Gasteiger charge is -2.17. The summed E-state index contributed by atoms with van der Waals surface area (Å²) in [6, 6.07) is 15.6. The minimum Gasteiger partial charge on any atom is -0.449 e. The Morgan fingerprint density at radius 3 is 2.73 bits per heavy atom. The molecule has 3 aromatic heterocycles. The van der Waals surface area contributed by atoms with Gasteiger partial charge in [-0.05, 0) is 37.1 Å². The van der Waals surface area contributed by atoms with Crippen LogP contribution in [0.15, 0.2) is 62.9 Å². The molecule has 0 aliphatic heterocycles. The molecule has 1 saturated carbocycles. The van der Waals surface area contributed by atoms with Crippen molar-refractivity contribution < 1.29 is 4.42 Å². The van der Waals surface area contributed by atoms with Crippen LogP contribution in [0.1, 0.15) is 37.5 Å². The van der Waals surface area contributed by atoms with Crippen molar-refractivity contribution in [3.05, 3.63) is 69.7 Å². The number of furan rings is 1. The van der Waals surface area contributed by atoms with Crippen LogP contribution in [0.3, 0.4) is 0 Å². The first kappa shape index (κ1) is 20.5. The van der Waals surface area contributed by atoms with E-state index in [1.165, 1.54) is 24.6 Å². The fraction of sp³-hybridized carbons (Fsp3) is 0.250. The number of nitrogens with zero attached hydrogens (tertiary/aromatic N) is 4. The first-order valence-corrected chi connectivity index (χ1v) is 12.3. The van der Waals surface area contributed by atoms with Gasteiger partial charge in [0.15, 0.2) is 11.0 Å². The number of hydrogen-bond acceptors (Lipinski definition) is 6. The Bertz CT molecular complexity index is 1530. The van der Waals surface area contributed by atoms with Crippen LogP contribution in [0.5, 0.6) is 0 Å². The molecule has 9 heteroatoms. The van der Waals surface area contributed by atoms with Gasteiger partial charge in [0.05, 0.1) is 10.8 Å². The fourth-order valence-electron chi connectivity index (χ4n) is 4.54. The average Bonchev–Trinajstić information content (AvgIpc) is 3.56. The Kier molecular flexibility index (Phi) is 5.19. The molecule has 2 aromatic carbocycles. The van der Waals surface area contributed by atoms with Crippen molar-refractivity contribution in [2.24, 2.45) is 0 Å². The zero-order valence-electron chi connectivity index (χ0n) is 17.6. The van der Waals surface area contributed by atoms with Gasteiger partial charge in [0, 0.05) is 17.0 Å². The maximum atomic E-state index is 12.6. The summed E-state index contributed by atoms with van der Waals surface area (Å²) in [5.74, 6) is 1.81. The van der Waals surface area contributed by atoms with Gasteiger partial charge >= 0.3 is 0 Å². The van der Waals surface area contributed by atoms with Crippen molar-refractivity contribution in [2.45, 2.75) is 42.6 Å². The van der Waals surface area contributed by atoms with Crippen molar-refractivity contribution in [3.63, 3.8) is 0 Å². The number of aromatic amines is 1. The number of halogens is 1. The van der Waals surface area contributed by atoms with Crippen molar-refractivity contribution >= 4 is 45.4 Å². The predicted molar refractivity (Wildman–Crippen MR) is 130 cm³/mol. The summed E-state index contributed by atoms with van der Waals surface area (Å²) in [6.45, 7) is 0. The molecule has 5 aromatic rings. The largest absolute Gasteiger partial charge is 0.449 e. The molecule has 166 valence electrons. The van der Waals surface area contributed by atoms with Crippen LogP contribution >= 0.6 is 23.4 Å². The SMILES string of the molecule is O=c1[nH]c(CSc2nnc(-c3ccccc3Cl)n2C2CCCC2)nc2c1oc1ccccc12. The first-order valence-electron chi connectivity index (χ1n) is 10.9. The van der Waals surface area contributed by atoms with Crippen LogP contribution in [0.25, 0.3) is 33.5 Å². The minimum atomic E-state index is -0.277. The van der Waals surface area contributed by atoms with Gasteiger partial charge in [0.2, 0.25) is 5.58 Å². The van der Waals surface area contributed by atoms with Crippen LogP contribution in [0, 0.1) is 0 Å². The predicted octanol–water partition coefficient (Wildman–Crippen LogP) is 5.99. The van der Waals surface area contributed by atoms with E-state index >= 15 is 0 Å². The number of nitrogens with one attached hydrogen (secondary N) is 1. The Labute approximate surface area is 198 Å². The van der Waals surface area contributed by atoms with E-state index in [0.29, 0.717) is 33.7 Å². The Morgan fingerprint density at radius 2 is 1.88 bits per heavy atom. The first-order chi connectivity index (χ1) is 16.2. The summed E-state index contributed by atoms with van der Waals surface area (Å²) < 4.78 is 7.91. The Balaban J connectivity index is 1.37. The third-order valence-electron chi connectivity index (χ3n) is 6.09. The third-order valence-corrected chi connectivity index (χ3v) is 7.37. The smallest absolute Gasteiger partial charge is 0.294 e. The van der Waals surface area contributed by atoms with E-state index in [4.69, 9.17) is 21.0 Å². The molecule has 0 radical (unpaired) electrons. The van der Waals surface area contributed by atoms with Crippen molar-refractivity contribution in [2.75, 3.05) is 0 Å². The minimum absolute atomic E-state index is 0.250. The van der Waals surface area contributed by atoms with Gasteiger partial charge in [-0.1, -0.05) is 60.5 Å². The van der Waals surface area contributed by atoms with E-state index < -0.39 is 0 Å². The summed E-state index contributed by atoms with van der Waals surface area (Å²) in [5, 5.41) is 11.3. The van der Waals surface area contributed by atoms with Crippen LogP contribution < -0.4 is 5.56 Å². The summed E-state index contributed by atoms with van der Waals surface area (Å²) in [5.41, 5.74) is 2.09. The van der Waals surface area contributed by atoms with Crippen molar-refractivity contribution in [3.8, 4) is 11.4 Å². The third kappa shape index (κ3) is 3.63. The number of rotatable bonds is 5. The molecule has 0 saturated heterocycles. The highest BCUT2D eigenvalue weighted by Crippen LogP contribution is 2.38. The number of aromatic nitrogens is 5. The second kappa shape index (κ2) is 8.35. The molecule has 1 aliphatic rings. The number of fused-ring (bicyclic) bond motifs is 3. The maximum Gasteiger partial charge on any atom is 0.294 e. The zero-order valence-corrected chi connectivity index (χ0v) is 19.2. The van der Waals surface area contributed by atoms with E-state index in [2.05, 4.69) is 19.7 Å². The second-order valence-electron chi connectivity index (χ2n) is 8.17. The lowest BCUT2D eigenvalue weighted by atomic mass is 10.2. The number of H-pyrrole nitrogens is 1. The molecule has 0 spiro atoms. The molecule has 0 unspecified atom stereocenters. The lowest BCUT2D eigenvalue weighted by Crippen LogP contribution is -2.11. The average molecular weight is 478 g/mol. The monoisotopic (exact) mass is 477 g/mol. The van der Waals surface area contributed by atoms with E-state index in [9.17, 15) is 4.79 Å². The molecular formula is C24H20ClN5O2S. The summed E-state index contributed by atoms with van der Waals surface area (Å²) in [4.78, 5) is 20.2. The highest BCUT2D eigenvalue weighted by Gasteiger charge is 2.26. The van der Waals surface area contributed by atoms with Gasteiger partial charge in [-0.25, -0.2) is 4.98 Å². The molecule has 33 heavy (non-hydrogen) atoms. The topological polar surface area (TPSA) is 89.6 Å². The van der Waals surface area contributed by atoms with Gasteiger partial charge in [0.1, 0.15) is 16.9 Å². The molecule has 3 heterocycles. The molecule has 0 atom stereocenters. The normalized spacial score (nSPS) is 14.6. The standard InChI is InChI=1S/C24H20ClN5O2S/c25-17-11-5-3-9-15(17)22-28-29-24(30(22)14-7-1-2-8-14)33-13-19-26-20-16-10-4-6-12-18(16)32-21(20)23(31)27-19/h3-6,9-12,14H,1-2,7-8,13H2,(H,26,27,31). The van der Waals surface area contributed by atoms with Crippen LogP contribution in [0.2, 0.25) is 5.02 Å². The zero-order chi connectivity index (χ0) is 22.4. The van der Waals surface area contributed by atoms with Gasteiger partial charge in [-0.2, -0.15) is 0 Å². The van der Waals surface area contributed by atoms with E-state index in [0.717, 1.165) is 34.8 Å². The number of benzene rings is 2. The van der Waals surface area contributed by atoms with E-state index in [-0.39, 0.29) is 11.1 Å². The van der Waals surface area contributed by atoms with Crippen LogP contribution in [0.4, 0.5) is 0 Å². The van der Waals surface area contributed by atoms with Gasteiger partial charge in [0.25, 0.3) is 5.56 Å².